The van der Waals surface area contributed by atoms with Gasteiger partial charge in [-0.3, -0.25) is 27.3 Å². The third-order valence-corrected chi connectivity index (χ3v) is 3.25. The van der Waals surface area contributed by atoms with E-state index in [2.05, 4.69) is 22.4 Å². The Morgan fingerprint density at radius 2 is 1.92 bits per heavy atom. The fraction of sp³-hybridized carbons (Fsp3) is 0.111. The number of aromatic nitrogens is 1. The van der Waals surface area contributed by atoms with E-state index in [9.17, 15) is 4.79 Å². The average Bonchev–Trinajstić information content (AvgIpc) is 2.96. The summed E-state index contributed by atoms with van der Waals surface area (Å²) in [7, 11) is 0. The molecule has 0 atom stereocenters. The second kappa shape index (κ2) is 9.33. The van der Waals surface area contributed by atoms with Gasteiger partial charge in [-0.05, 0) is 0 Å². The minimum absolute atomic E-state index is 0. The van der Waals surface area contributed by atoms with E-state index in [-0.39, 0.29) is 63.2 Å². The van der Waals surface area contributed by atoms with Gasteiger partial charge in [-0.2, -0.15) is 10.5 Å². The van der Waals surface area contributed by atoms with Crippen molar-refractivity contribution in [2.45, 2.75) is 13.8 Å². The Bertz CT molecular complexity index is 819. The zero-order valence-electron chi connectivity index (χ0n) is 13.3. The SMILES string of the molecule is Cc1[c-]cc(C(=O)Nc2nc(-c3ccccc3)co2)c(C)[c-]1.[V].[Y]. The molecular weight excluding hydrogens is 416 g/mol. The summed E-state index contributed by atoms with van der Waals surface area (Å²) >= 11 is 0. The molecule has 2 aromatic carbocycles. The average molecular weight is 430 g/mol. The summed E-state index contributed by atoms with van der Waals surface area (Å²) < 4.78 is 5.31. The van der Waals surface area contributed by atoms with E-state index in [1.54, 1.807) is 6.07 Å². The van der Waals surface area contributed by atoms with Gasteiger partial charge in [-0.25, -0.2) is 0 Å². The van der Waals surface area contributed by atoms with Gasteiger partial charge in [-0.1, -0.05) is 44.2 Å². The Labute approximate surface area is 178 Å². The summed E-state index contributed by atoms with van der Waals surface area (Å²) in [5.74, 6) is -0.286. The van der Waals surface area contributed by atoms with Crippen LogP contribution in [0.15, 0.2) is 47.1 Å². The summed E-state index contributed by atoms with van der Waals surface area (Å²) in [6.45, 7) is 3.72. The van der Waals surface area contributed by atoms with Gasteiger partial charge in [0.1, 0.15) is 17.9 Å². The molecule has 3 aromatic rings. The van der Waals surface area contributed by atoms with E-state index in [0.29, 0.717) is 11.3 Å². The van der Waals surface area contributed by atoms with Crippen LogP contribution in [0.25, 0.3) is 11.3 Å². The van der Waals surface area contributed by atoms with Gasteiger partial charge in [0.25, 0.3) is 0 Å². The minimum atomic E-state index is -0.286. The number of amides is 1. The largest absolute Gasteiger partial charge is 0.431 e. The Kier molecular flexibility index (Phi) is 8.11. The normalized spacial score (nSPS) is 9.58. The first-order valence-corrected chi connectivity index (χ1v) is 6.87. The number of carbonyl (C=O) groups excluding carboxylic acids is 1. The number of hydrogen-bond donors (Lipinski definition) is 1. The molecule has 0 saturated heterocycles. The maximum atomic E-state index is 12.2. The number of carbonyl (C=O) groups is 1. The number of hydrogen-bond acceptors (Lipinski definition) is 3. The summed E-state index contributed by atoms with van der Waals surface area (Å²) in [6.07, 6.45) is 1.52. The number of aryl methyl sites for hydroxylation is 2. The molecule has 0 aliphatic heterocycles. The van der Waals surface area contributed by atoms with Gasteiger partial charge < -0.3 is 16.5 Å². The Morgan fingerprint density at radius 3 is 2.58 bits per heavy atom. The van der Waals surface area contributed by atoms with E-state index >= 15 is 0 Å². The van der Waals surface area contributed by atoms with Crippen molar-refractivity contribution < 1.29 is 60.5 Å². The first kappa shape index (κ1) is 20.9. The zero-order chi connectivity index (χ0) is 15.5. The van der Waals surface area contributed by atoms with Crippen LogP contribution in [0.2, 0.25) is 0 Å². The van der Waals surface area contributed by atoms with Crippen molar-refractivity contribution >= 4 is 11.9 Å². The molecule has 0 aliphatic carbocycles. The van der Waals surface area contributed by atoms with Crippen molar-refractivity contribution in [2.24, 2.45) is 0 Å². The second-order valence-electron chi connectivity index (χ2n) is 4.94. The molecule has 4 nitrogen and oxygen atoms in total. The fourth-order valence-corrected chi connectivity index (χ4v) is 2.15. The van der Waals surface area contributed by atoms with Gasteiger partial charge in [0.05, 0.1) is 0 Å². The smallest absolute Gasteiger partial charge is 0.300 e. The third-order valence-electron chi connectivity index (χ3n) is 3.25. The molecule has 24 heavy (non-hydrogen) atoms. The monoisotopic (exact) mass is 430 g/mol. The topological polar surface area (TPSA) is 55.1 Å². The van der Waals surface area contributed by atoms with Crippen molar-refractivity contribution in [1.82, 2.24) is 4.98 Å². The fourth-order valence-electron chi connectivity index (χ4n) is 2.15. The molecular formula is C18H14N2O2VY-2. The van der Waals surface area contributed by atoms with Gasteiger partial charge >= 0.3 is 6.01 Å². The van der Waals surface area contributed by atoms with E-state index in [0.717, 1.165) is 16.7 Å². The van der Waals surface area contributed by atoms with Crippen LogP contribution in [0.5, 0.6) is 0 Å². The number of nitrogens with one attached hydrogen (secondary N) is 1. The second-order valence-corrected chi connectivity index (χ2v) is 4.94. The Balaban J connectivity index is 0.00000144. The standard InChI is InChI=1S/C18H14N2O2.V.Y/c1-12-8-9-15(13(2)10-12)17(21)20-18-19-16(11-22-18)14-6-4-3-5-7-14;;/h3-7,9,11H,1-2H3,(H,19,20,21);;/q-2;;. The van der Waals surface area contributed by atoms with Crippen LogP contribution in [0, 0.1) is 26.0 Å². The van der Waals surface area contributed by atoms with Crippen LogP contribution in [0.1, 0.15) is 21.5 Å². The molecule has 118 valence electrons. The predicted molar refractivity (Wildman–Crippen MR) is 83.5 cm³/mol. The molecule has 1 N–H and O–H groups in total. The van der Waals surface area contributed by atoms with Gasteiger partial charge in [-0.15, -0.1) is 0 Å². The number of anilines is 1. The molecule has 1 aromatic heterocycles. The third kappa shape index (κ3) is 4.90. The van der Waals surface area contributed by atoms with E-state index in [4.69, 9.17) is 4.42 Å². The van der Waals surface area contributed by atoms with Gasteiger partial charge in [0, 0.05) is 56.8 Å². The van der Waals surface area contributed by atoms with Crippen molar-refractivity contribution in [3.8, 4) is 11.3 Å². The van der Waals surface area contributed by atoms with E-state index in [1.165, 1.54) is 6.26 Å². The molecule has 1 amide bonds. The molecule has 0 saturated carbocycles. The zero-order valence-corrected chi connectivity index (χ0v) is 17.6. The maximum Gasteiger partial charge on any atom is 0.300 e. The number of rotatable bonds is 3. The van der Waals surface area contributed by atoms with Crippen LogP contribution in [-0.2, 0) is 51.3 Å². The van der Waals surface area contributed by atoms with Crippen LogP contribution in [-0.4, -0.2) is 10.9 Å². The molecule has 0 aliphatic rings. The summed E-state index contributed by atoms with van der Waals surface area (Å²) in [5.41, 5.74) is 3.75. The van der Waals surface area contributed by atoms with Crippen molar-refractivity contribution in [3.05, 3.63) is 71.5 Å². The van der Waals surface area contributed by atoms with Gasteiger partial charge in [0.2, 0.25) is 0 Å². The Morgan fingerprint density at radius 1 is 1.21 bits per heavy atom. The predicted octanol–water partition coefficient (Wildman–Crippen LogP) is 3.81. The number of oxazole rings is 1. The van der Waals surface area contributed by atoms with Crippen molar-refractivity contribution in [2.75, 3.05) is 5.32 Å². The quantitative estimate of drug-likeness (QED) is 0.644. The molecule has 2 radical (unpaired) electrons. The molecule has 0 bridgehead atoms. The molecule has 1 heterocycles. The van der Waals surface area contributed by atoms with Crippen molar-refractivity contribution in [1.29, 1.82) is 0 Å². The Hall–Kier alpha value is -1.19. The van der Waals surface area contributed by atoms with Crippen LogP contribution in [0.4, 0.5) is 6.01 Å². The minimum Gasteiger partial charge on any atom is -0.431 e. The summed E-state index contributed by atoms with van der Waals surface area (Å²) in [5, 5.41) is 2.65. The van der Waals surface area contributed by atoms with E-state index < -0.39 is 0 Å². The molecule has 0 spiro atoms. The molecule has 0 fully saturated rings. The summed E-state index contributed by atoms with van der Waals surface area (Å²) in [4.78, 5) is 16.5. The molecule has 0 unspecified atom stereocenters. The van der Waals surface area contributed by atoms with Crippen molar-refractivity contribution in [3.63, 3.8) is 0 Å². The molecule has 3 rings (SSSR count). The maximum absolute atomic E-state index is 12.2. The first-order valence-electron chi connectivity index (χ1n) is 6.87. The van der Waals surface area contributed by atoms with E-state index in [1.807, 2.05) is 44.2 Å². The summed E-state index contributed by atoms with van der Waals surface area (Å²) in [6, 6.07) is 17.5. The van der Waals surface area contributed by atoms with Crippen LogP contribution in [0.3, 0.4) is 0 Å². The first-order chi connectivity index (χ1) is 10.6. The van der Waals surface area contributed by atoms with Crippen LogP contribution < -0.4 is 5.32 Å². The van der Waals surface area contributed by atoms with Gasteiger partial charge in [0.15, 0.2) is 0 Å². The molecule has 6 heteroatoms. The number of nitrogens with zero attached hydrogens (tertiary/aromatic N) is 1. The van der Waals surface area contributed by atoms with Crippen LogP contribution >= 0.6 is 0 Å². The number of benzene rings is 2.